The van der Waals surface area contributed by atoms with E-state index in [9.17, 15) is 0 Å². The minimum absolute atomic E-state index is 0.214. The zero-order valence-electron chi connectivity index (χ0n) is 16.0. The van der Waals surface area contributed by atoms with Crippen LogP contribution in [0, 0.1) is 5.92 Å². The maximum absolute atomic E-state index is 8.16. The smallest absolute Gasteiger partial charge is 0.0429 e. The van der Waals surface area contributed by atoms with Crippen molar-refractivity contribution in [3.8, 4) is 0 Å². The van der Waals surface area contributed by atoms with Crippen molar-refractivity contribution in [2.75, 3.05) is 11.4 Å². The topological polar surface area (TPSA) is 15.3 Å². The van der Waals surface area contributed by atoms with Crippen molar-refractivity contribution < 1.29 is 1.37 Å². The largest absolute Gasteiger partial charge is 0.367 e. The number of rotatable bonds is 5. The van der Waals surface area contributed by atoms with Crippen molar-refractivity contribution in [3.63, 3.8) is 0 Å². The molecule has 0 amide bonds. The van der Waals surface area contributed by atoms with Crippen molar-refractivity contribution in [1.29, 1.82) is 0 Å². The van der Waals surface area contributed by atoms with Gasteiger partial charge in [-0.1, -0.05) is 85.8 Å². The molecule has 132 valence electrons. The Labute approximate surface area is 157 Å². The normalized spacial score (nSPS) is 19.7. The van der Waals surface area contributed by atoms with E-state index in [1.165, 1.54) is 22.4 Å². The Morgan fingerprint density at radius 3 is 2.27 bits per heavy atom. The van der Waals surface area contributed by atoms with E-state index in [4.69, 9.17) is 1.37 Å². The van der Waals surface area contributed by atoms with Crippen molar-refractivity contribution in [2.45, 2.75) is 26.0 Å². The van der Waals surface area contributed by atoms with E-state index in [1.807, 2.05) is 6.07 Å². The number of para-hydroxylation sites is 1. The summed E-state index contributed by atoms with van der Waals surface area (Å²) in [5.41, 5.74) is 5.20. The van der Waals surface area contributed by atoms with Gasteiger partial charge in [0.25, 0.3) is 0 Å². The lowest BCUT2D eigenvalue weighted by molar-refractivity contribution is 0.365. The van der Waals surface area contributed by atoms with Crippen LogP contribution in [0.15, 0.2) is 84.9 Å². The molecule has 0 fully saturated rings. The predicted octanol–water partition coefficient (Wildman–Crippen LogP) is 5.17. The first-order valence-electron chi connectivity index (χ1n) is 10.00. The summed E-state index contributed by atoms with van der Waals surface area (Å²) in [7, 11) is 0. The van der Waals surface area contributed by atoms with Crippen LogP contribution in [0.4, 0.5) is 5.69 Å². The molecule has 0 saturated carbocycles. The molecule has 0 saturated heterocycles. The van der Waals surface area contributed by atoms with Crippen molar-refractivity contribution in [1.82, 2.24) is 5.32 Å². The number of hydrogen-bond acceptors (Lipinski definition) is 2. The van der Waals surface area contributed by atoms with E-state index in [0.717, 1.165) is 19.6 Å². The van der Waals surface area contributed by atoms with Crippen LogP contribution in [0.25, 0.3) is 0 Å². The average Bonchev–Trinajstić information content (AvgIpc) is 2.74. The molecule has 1 aliphatic rings. The van der Waals surface area contributed by atoms with Crippen LogP contribution in [0.1, 0.15) is 31.0 Å². The molecule has 3 aromatic carbocycles. The Bertz CT molecular complexity index is 851. The molecule has 0 spiro atoms. The molecule has 1 aliphatic heterocycles. The first kappa shape index (κ1) is 15.7. The highest BCUT2D eigenvalue weighted by Crippen LogP contribution is 2.37. The third-order valence-corrected chi connectivity index (χ3v) is 5.12. The molecular weight excluding hydrogens is 316 g/mol. The van der Waals surface area contributed by atoms with Gasteiger partial charge in [0.15, 0.2) is 0 Å². The summed E-state index contributed by atoms with van der Waals surface area (Å²) in [5, 5.41) is 3.73. The van der Waals surface area contributed by atoms with Crippen LogP contribution in [0.5, 0.6) is 0 Å². The number of nitrogens with one attached hydrogen (secondary N) is 1. The third kappa shape index (κ3) is 3.66. The van der Waals surface area contributed by atoms with Crippen molar-refractivity contribution >= 4 is 5.69 Å². The number of fused-ring (bicyclic) bond motifs is 1. The maximum Gasteiger partial charge on any atom is 0.0429 e. The molecule has 0 radical (unpaired) electrons. The van der Waals surface area contributed by atoms with Gasteiger partial charge in [0, 0.05) is 32.7 Å². The van der Waals surface area contributed by atoms with Gasteiger partial charge < -0.3 is 10.2 Å². The summed E-state index contributed by atoms with van der Waals surface area (Å²) in [5.74, 6) is 0.271. The fraction of sp³-hybridized carbons (Fsp3) is 0.250. The Morgan fingerprint density at radius 2 is 1.54 bits per heavy atom. The van der Waals surface area contributed by atoms with Gasteiger partial charge in [-0.3, -0.25) is 0 Å². The molecule has 3 aromatic rings. The van der Waals surface area contributed by atoms with Gasteiger partial charge in [-0.15, -0.1) is 0 Å². The van der Waals surface area contributed by atoms with Gasteiger partial charge in [0.1, 0.15) is 0 Å². The molecule has 0 unspecified atom stereocenters. The van der Waals surface area contributed by atoms with Crippen molar-refractivity contribution in [3.05, 3.63) is 102 Å². The Kier molecular flexibility index (Phi) is 4.67. The van der Waals surface area contributed by atoms with Gasteiger partial charge in [0.05, 0.1) is 0 Å². The van der Waals surface area contributed by atoms with E-state index >= 15 is 0 Å². The van der Waals surface area contributed by atoms with Gasteiger partial charge in [-0.05, 0) is 28.7 Å². The lowest BCUT2D eigenvalue weighted by Gasteiger charge is -2.40. The molecule has 2 heteroatoms. The van der Waals surface area contributed by atoms with E-state index in [0.29, 0.717) is 6.90 Å². The number of hydrogen-bond donors (Lipinski definition) is 1. The molecular formula is C24H26N2. The number of nitrogens with zero attached hydrogens (tertiary/aromatic N) is 1. The Hall–Kier alpha value is -2.58. The highest BCUT2D eigenvalue weighted by molar-refractivity contribution is 5.57. The standard InChI is InChI=1S/C24H26N2/c1-19-17-26(18-21-12-6-3-7-13-21)23-15-9-8-14-22(23)24(19)25-16-20-10-4-2-5-11-20/h2-15,19,24-25H,16-18H2,1H3/t19-,24+/m1/s1/i1D. The fourth-order valence-electron chi connectivity index (χ4n) is 3.83. The van der Waals surface area contributed by atoms with E-state index in [1.54, 1.807) is 0 Å². The average molecular weight is 343 g/mol. The second kappa shape index (κ2) is 7.76. The van der Waals surface area contributed by atoms with E-state index in [-0.39, 0.29) is 12.0 Å². The maximum atomic E-state index is 8.16. The summed E-state index contributed by atoms with van der Waals surface area (Å²) >= 11 is 0. The highest BCUT2D eigenvalue weighted by Gasteiger charge is 2.30. The molecule has 26 heavy (non-hydrogen) atoms. The van der Waals surface area contributed by atoms with Crippen LogP contribution >= 0.6 is 0 Å². The predicted molar refractivity (Wildman–Crippen MR) is 109 cm³/mol. The highest BCUT2D eigenvalue weighted by atomic mass is 15.2. The Morgan fingerprint density at radius 1 is 0.885 bits per heavy atom. The summed E-state index contributed by atoms with van der Waals surface area (Å²) < 4.78 is 8.16. The molecule has 1 heterocycles. The number of anilines is 1. The van der Waals surface area contributed by atoms with E-state index < -0.39 is 0 Å². The van der Waals surface area contributed by atoms with Gasteiger partial charge in [-0.2, -0.15) is 0 Å². The zero-order valence-corrected chi connectivity index (χ0v) is 15.0. The SMILES string of the molecule is [2H]C[C@@H]1CN(Cc2ccccc2)c2ccccc2[C@H]1NCc1ccccc1. The third-order valence-electron chi connectivity index (χ3n) is 5.12. The van der Waals surface area contributed by atoms with Gasteiger partial charge in [0.2, 0.25) is 0 Å². The molecule has 4 rings (SSSR count). The summed E-state index contributed by atoms with van der Waals surface area (Å²) in [4.78, 5) is 2.44. The minimum Gasteiger partial charge on any atom is -0.367 e. The quantitative estimate of drug-likeness (QED) is 0.687. The van der Waals surface area contributed by atoms with Gasteiger partial charge >= 0.3 is 0 Å². The van der Waals surface area contributed by atoms with E-state index in [2.05, 4.69) is 89.1 Å². The fourth-order valence-corrected chi connectivity index (χ4v) is 3.83. The summed E-state index contributed by atoms with van der Waals surface area (Å²) in [6, 6.07) is 30.0. The molecule has 0 aliphatic carbocycles. The summed E-state index contributed by atoms with van der Waals surface area (Å²) in [6.07, 6.45) is 0. The monoisotopic (exact) mass is 343 g/mol. The number of benzene rings is 3. The second-order valence-electron chi connectivity index (χ2n) is 7.03. The van der Waals surface area contributed by atoms with Crippen molar-refractivity contribution in [2.24, 2.45) is 5.92 Å². The molecule has 0 bridgehead atoms. The van der Waals surface area contributed by atoms with Crippen LogP contribution in [0.3, 0.4) is 0 Å². The molecule has 2 atom stereocenters. The molecule has 2 nitrogen and oxygen atoms in total. The first-order chi connectivity index (χ1) is 13.3. The lowest BCUT2D eigenvalue weighted by atomic mass is 9.87. The van der Waals surface area contributed by atoms with Crippen LogP contribution in [0.2, 0.25) is 0 Å². The Balaban J connectivity index is 1.59. The molecule has 1 N–H and O–H groups in total. The zero-order chi connectivity index (χ0) is 18.5. The first-order valence-corrected chi connectivity index (χ1v) is 9.29. The van der Waals surface area contributed by atoms with Gasteiger partial charge in [-0.25, -0.2) is 0 Å². The van der Waals surface area contributed by atoms with Crippen LogP contribution in [-0.2, 0) is 13.1 Å². The minimum atomic E-state index is 0.214. The summed E-state index contributed by atoms with van der Waals surface area (Å²) in [6.45, 7) is 3.04. The lowest BCUT2D eigenvalue weighted by Crippen LogP contribution is -2.41. The van der Waals surface area contributed by atoms with Crippen LogP contribution < -0.4 is 10.2 Å². The van der Waals surface area contributed by atoms with Crippen LogP contribution in [-0.4, -0.2) is 6.54 Å². The molecule has 0 aromatic heterocycles. The second-order valence-corrected chi connectivity index (χ2v) is 7.03.